The van der Waals surface area contributed by atoms with Gasteiger partial charge >= 0.3 is 6.09 Å². The van der Waals surface area contributed by atoms with Crippen LogP contribution in [0.1, 0.15) is 27.2 Å². The van der Waals surface area contributed by atoms with Crippen LogP contribution in [0.2, 0.25) is 0 Å². The van der Waals surface area contributed by atoms with Crippen molar-refractivity contribution in [3.05, 3.63) is 18.5 Å². The van der Waals surface area contributed by atoms with Crippen LogP contribution in [0.15, 0.2) is 18.5 Å². The van der Waals surface area contributed by atoms with E-state index >= 15 is 0 Å². The van der Waals surface area contributed by atoms with E-state index in [-0.39, 0.29) is 12.1 Å². The van der Waals surface area contributed by atoms with E-state index in [1.54, 1.807) is 19.5 Å². The number of carboxylic acid groups (broad SMARTS) is 1. The number of methoxy groups -OCH3 is 1. The number of pyridine rings is 1. The standard InChI is InChI=1S/C16H26N4O3/c1-16(2,3)20(15(21)22)11-7-12(23-4)10-19(9-11)14-5-6-18-8-13(14)17/h5-6,8,11-12H,7,9-10,17H2,1-4H3,(H,21,22)/t11-,12+/m0/s1. The van der Waals surface area contributed by atoms with Crippen LogP contribution < -0.4 is 10.6 Å². The number of amides is 1. The smallest absolute Gasteiger partial charge is 0.408 e. The zero-order valence-corrected chi connectivity index (χ0v) is 14.2. The van der Waals surface area contributed by atoms with Crippen LogP contribution >= 0.6 is 0 Å². The Morgan fingerprint density at radius 1 is 1.48 bits per heavy atom. The van der Waals surface area contributed by atoms with Gasteiger partial charge in [0.1, 0.15) is 0 Å². The normalized spacial score (nSPS) is 22.0. The Balaban J connectivity index is 2.31. The number of piperidine rings is 1. The third-order valence-electron chi connectivity index (χ3n) is 4.19. The molecule has 1 aliphatic rings. The summed E-state index contributed by atoms with van der Waals surface area (Å²) in [7, 11) is 1.66. The molecule has 1 aromatic heterocycles. The van der Waals surface area contributed by atoms with Crippen molar-refractivity contribution in [2.24, 2.45) is 0 Å². The molecule has 128 valence electrons. The Labute approximate surface area is 137 Å². The Morgan fingerprint density at radius 2 is 2.17 bits per heavy atom. The number of nitrogens with two attached hydrogens (primary N) is 1. The molecule has 1 aromatic rings. The minimum absolute atomic E-state index is 0.0504. The Hall–Kier alpha value is -2.02. The number of ether oxygens (including phenoxy) is 1. The molecule has 2 rings (SSSR count). The maximum atomic E-state index is 11.8. The first kappa shape index (κ1) is 17.3. The SMILES string of the molecule is CO[C@@H]1C[C@H](N(C(=O)O)C(C)(C)C)CN(c2ccncc2N)C1. The second-order valence-corrected chi connectivity index (χ2v) is 6.91. The molecule has 0 spiro atoms. The summed E-state index contributed by atoms with van der Waals surface area (Å²) in [5, 5.41) is 9.66. The molecule has 1 fully saturated rings. The number of anilines is 2. The fraction of sp³-hybridized carbons (Fsp3) is 0.625. The molecule has 1 saturated heterocycles. The number of nitrogens with zero attached hydrogens (tertiary/aromatic N) is 3. The molecule has 23 heavy (non-hydrogen) atoms. The average molecular weight is 322 g/mol. The number of rotatable bonds is 3. The minimum Gasteiger partial charge on any atom is -0.465 e. The average Bonchev–Trinajstić information content (AvgIpc) is 2.45. The Bertz CT molecular complexity index is 559. The van der Waals surface area contributed by atoms with Crippen molar-refractivity contribution in [3.63, 3.8) is 0 Å². The molecule has 3 N–H and O–H groups in total. The molecule has 0 saturated carbocycles. The molecule has 2 heterocycles. The van der Waals surface area contributed by atoms with Gasteiger partial charge in [0.2, 0.25) is 0 Å². The zero-order chi connectivity index (χ0) is 17.2. The fourth-order valence-corrected chi connectivity index (χ4v) is 3.26. The van der Waals surface area contributed by atoms with E-state index in [9.17, 15) is 9.90 Å². The highest BCUT2D eigenvalue weighted by molar-refractivity contribution is 5.68. The van der Waals surface area contributed by atoms with Crippen molar-refractivity contribution in [3.8, 4) is 0 Å². The van der Waals surface area contributed by atoms with Gasteiger partial charge in [0, 0.05) is 31.9 Å². The first-order chi connectivity index (χ1) is 10.7. The van der Waals surface area contributed by atoms with E-state index in [1.807, 2.05) is 26.8 Å². The van der Waals surface area contributed by atoms with E-state index in [2.05, 4.69) is 9.88 Å². The van der Waals surface area contributed by atoms with Crippen molar-refractivity contribution < 1.29 is 14.6 Å². The summed E-state index contributed by atoms with van der Waals surface area (Å²) < 4.78 is 5.54. The van der Waals surface area contributed by atoms with Gasteiger partial charge in [-0.25, -0.2) is 4.79 Å². The molecule has 0 radical (unpaired) electrons. The minimum atomic E-state index is -0.915. The van der Waals surface area contributed by atoms with Crippen molar-refractivity contribution >= 4 is 17.5 Å². The van der Waals surface area contributed by atoms with Gasteiger partial charge in [-0.1, -0.05) is 0 Å². The summed E-state index contributed by atoms with van der Waals surface area (Å²) in [6.07, 6.45) is 3.00. The molecule has 0 aromatic carbocycles. The molecule has 2 atom stereocenters. The highest BCUT2D eigenvalue weighted by Gasteiger charge is 2.39. The molecule has 0 aliphatic carbocycles. The molecule has 0 bridgehead atoms. The Kier molecular flexibility index (Phi) is 4.99. The molecular weight excluding hydrogens is 296 g/mol. The zero-order valence-electron chi connectivity index (χ0n) is 14.2. The van der Waals surface area contributed by atoms with Crippen LogP contribution in [0.4, 0.5) is 16.2 Å². The third kappa shape index (κ3) is 3.85. The molecule has 7 nitrogen and oxygen atoms in total. The van der Waals surface area contributed by atoms with E-state index in [4.69, 9.17) is 10.5 Å². The summed E-state index contributed by atoms with van der Waals surface area (Å²) >= 11 is 0. The lowest BCUT2D eigenvalue weighted by Gasteiger charge is -2.46. The largest absolute Gasteiger partial charge is 0.465 e. The summed E-state index contributed by atoms with van der Waals surface area (Å²) in [6, 6.07) is 1.69. The summed E-state index contributed by atoms with van der Waals surface area (Å²) in [6.45, 7) is 6.98. The second kappa shape index (κ2) is 6.62. The van der Waals surface area contributed by atoms with Crippen LogP contribution in [0.3, 0.4) is 0 Å². The highest BCUT2D eigenvalue weighted by Crippen LogP contribution is 2.30. The van der Waals surface area contributed by atoms with Gasteiger partial charge in [-0.15, -0.1) is 0 Å². The first-order valence-corrected chi connectivity index (χ1v) is 7.73. The van der Waals surface area contributed by atoms with Crippen LogP contribution in [-0.2, 0) is 4.74 Å². The number of nitrogen functional groups attached to an aromatic ring is 1. The molecule has 0 unspecified atom stereocenters. The number of aromatic nitrogens is 1. The molecule has 1 amide bonds. The maximum absolute atomic E-state index is 11.8. The van der Waals surface area contributed by atoms with Gasteiger partial charge < -0.3 is 20.5 Å². The van der Waals surface area contributed by atoms with Crippen LogP contribution in [0.5, 0.6) is 0 Å². The van der Waals surface area contributed by atoms with Gasteiger partial charge in [-0.2, -0.15) is 0 Å². The second-order valence-electron chi connectivity index (χ2n) is 6.91. The van der Waals surface area contributed by atoms with Crippen molar-refractivity contribution in [2.45, 2.75) is 44.9 Å². The monoisotopic (exact) mass is 322 g/mol. The first-order valence-electron chi connectivity index (χ1n) is 7.73. The fourth-order valence-electron chi connectivity index (χ4n) is 3.26. The summed E-state index contributed by atoms with van der Waals surface area (Å²) in [5.74, 6) is 0. The van der Waals surface area contributed by atoms with Crippen molar-refractivity contribution in [1.29, 1.82) is 0 Å². The third-order valence-corrected chi connectivity index (χ3v) is 4.19. The predicted molar refractivity (Wildman–Crippen MR) is 89.7 cm³/mol. The lowest BCUT2D eigenvalue weighted by Crippen LogP contribution is -2.59. The quantitative estimate of drug-likeness (QED) is 0.885. The molecular formula is C16H26N4O3. The number of carbonyl (C=O) groups is 1. The van der Waals surface area contributed by atoms with Gasteiger partial charge in [-0.05, 0) is 33.3 Å². The molecule has 1 aliphatic heterocycles. The van der Waals surface area contributed by atoms with Gasteiger partial charge in [0.05, 0.1) is 29.7 Å². The number of hydrogen-bond acceptors (Lipinski definition) is 5. The Morgan fingerprint density at radius 3 is 2.70 bits per heavy atom. The summed E-state index contributed by atoms with van der Waals surface area (Å²) in [5.41, 5.74) is 7.00. The van der Waals surface area contributed by atoms with E-state index in [0.29, 0.717) is 25.2 Å². The van der Waals surface area contributed by atoms with Crippen LogP contribution in [-0.4, -0.2) is 59.0 Å². The highest BCUT2D eigenvalue weighted by atomic mass is 16.5. The summed E-state index contributed by atoms with van der Waals surface area (Å²) in [4.78, 5) is 19.4. The van der Waals surface area contributed by atoms with E-state index in [1.165, 1.54) is 4.90 Å². The van der Waals surface area contributed by atoms with Crippen molar-refractivity contribution in [1.82, 2.24) is 9.88 Å². The van der Waals surface area contributed by atoms with Crippen LogP contribution in [0, 0.1) is 0 Å². The van der Waals surface area contributed by atoms with Crippen LogP contribution in [0.25, 0.3) is 0 Å². The van der Waals surface area contributed by atoms with Crippen molar-refractivity contribution in [2.75, 3.05) is 30.8 Å². The lowest BCUT2D eigenvalue weighted by atomic mass is 9.95. The number of hydrogen-bond donors (Lipinski definition) is 2. The van der Waals surface area contributed by atoms with Gasteiger partial charge in [0.15, 0.2) is 0 Å². The van der Waals surface area contributed by atoms with E-state index in [0.717, 1.165) is 5.69 Å². The predicted octanol–water partition coefficient (Wildman–Crippen LogP) is 2.04. The lowest BCUT2D eigenvalue weighted by molar-refractivity contribution is 0.0206. The van der Waals surface area contributed by atoms with Gasteiger partial charge in [0.25, 0.3) is 0 Å². The van der Waals surface area contributed by atoms with E-state index < -0.39 is 11.6 Å². The van der Waals surface area contributed by atoms with Gasteiger partial charge in [-0.3, -0.25) is 9.88 Å². The molecule has 7 heteroatoms. The topological polar surface area (TPSA) is 91.9 Å². The maximum Gasteiger partial charge on any atom is 0.408 e.